The van der Waals surface area contributed by atoms with Crippen molar-refractivity contribution in [2.45, 2.75) is 13.0 Å². The zero-order chi connectivity index (χ0) is 10.1. The van der Waals surface area contributed by atoms with E-state index < -0.39 is 0 Å². The summed E-state index contributed by atoms with van der Waals surface area (Å²) in [5.41, 5.74) is 0.576. The first-order valence-corrected chi connectivity index (χ1v) is 4.33. The Morgan fingerprint density at radius 1 is 1.43 bits per heavy atom. The monoisotopic (exact) mass is 190 g/mol. The van der Waals surface area contributed by atoms with E-state index in [-0.39, 0.29) is 6.10 Å². The molecule has 0 aromatic heterocycles. The quantitative estimate of drug-likeness (QED) is 0.636. The van der Waals surface area contributed by atoms with Gasteiger partial charge in [0.2, 0.25) is 0 Å². The van der Waals surface area contributed by atoms with Crippen LogP contribution < -0.4 is 9.47 Å². The summed E-state index contributed by atoms with van der Waals surface area (Å²) in [6, 6.07) is 5.04. The molecule has 0 radical (unpaired) electrons. The van der Waals surface area contributed by atoms with Gasteiger partial charge in [-0.05, 0) is 25.1 Å². The number of aldehydes is 1. The Morgan fingerprint density at radius 2 is 2.21 bits per heavy atom. The summed E-state index contributed by atoms with van der Waals surface area (Å²) in [6.45, 7) is 5.57. The molecular formula is C11H10O3. The summed E-state index contributed by atoms with van der Waals surface area (Å²) in [5, 5.41) is 0. The number of ether oxygens (including phenoxy) is 2. The van der Waals surface area contributed by atoms with Gasteiger partial charge in [-0.2, -0.15) is 0 Å². The average Bonchev–Trinajstić information content (AvgIpc) is 2.19. The Balaban J connectivity index is 2.42. The number of rotatable bonds is 1. The summed E-state index contributed by atoms with van der Waals surface area (Å²) < 4.78 is 10.9. The molecule has 1 aliphatic rings. The van der Waals surface area contributed by atoms with Crippen molar-refractivity contribution < 1.29 is 14.3 Å². The van der Waals surface area contributed by atoms with E-state index in [0.29, 0.717) is 22.8 Å². The maximum atomic E-state index is 10.5. The van der Waals surface area contributed by atoms with Gasteiger partial charge in [0.05, 0.1) is 0 Å². The van der Waals surface area contributed by atoms with Gasteiger partial charge in [0.1, 0.15) is 12.0 Å². The van der Waals surface area contributed by atoms with Crippen LogP contribution in [0.4, 0.5) is 0 Å². The Hall–Kier alpha value is -1.77. The molecule has 1 aromatic carbocycles. The normalized spacial score (nSPS) is 19.2. The van der Waals surface area contributed by atoms with E-state index >= 15 is 0 Å². The molecule has 1 aliphatic heterocycles. The second kappa shape index (κ2) is 3.18. The van der Waals surface area contributed by atoms with Crippen LogP contribution >= 0.6 is 0 Å². The Morgan fingerprint density at radius 3 is 2.93 bits per heavy atom. The Labute approximate surface area is 81.9 Å². The molecule has 0 amide bonds. The van der Waals surface area contributed by atoms with Crippen LogP contribution in [0.5, 0.6) is 11.5 Å². The molecule has 14 heavy (non-hydrogen) atoms. The van der Waals surface area contributed by atoms with Crippen molar-refractivity contribution in [2.24, 2.45) is 0 Å². The molecule has 1 aromatic rings. The van der Waals surface area contributed by atoms with E-state index in [1.54, 1.807) is 18.2 Å². The van der Waals surface area contributed by atoms with E-state index in [1.165, 1.54) is 0 Å². The van der Waals surface area contributed by atoms with Crippen molar-refractivity contribution in [2.75, 3.05) is 0 Å². The molecule has 0 bridgehead atoms. The molecule has 1 unspecified atom stereocenters. The largest absolute Gasteiger partial charge is 0.479 e. The second-order valence-corrected chi connectivity index (χ2v) is 3.15. The van der Waals surface area contributed by atoms with Crippen LogP contribution in [0.25, 0.3) is 0 Å². The van der Waals surface area contributed by atoms with E-state index in [9.17, 15) is 4.79 Å². The van der Waals surface area contributed by atoms with Gasteiger partial charge in [-0.1, -0.05) is 6.58 Å². The van der Waals surface area contributed by atoms with Gasteiger partial charge in [-0.15, -0.1) is 0 Å². The van der Waals surface area contributed by atoms with Gasteiger partial charge in [0, 0.05) is 5.56 Å². The zero-order valence-electron chi connectivity index (χ0n) is 7.82. The molecule has 3 nitrogen and oxygen atoms in total. The number of carbonyl (C=O) groups excluding carboxylic acids is 1. The molecule has 2 rings (SSSR count). The first-order valence-electron chi connectivity index (χ1n) is 4.33. The fraction of sp³-hybridized carbons (Fsp3) is 0.182. The van der Waals surface area contributed by atoms with Crippen molar-refractivity contribution in [3.8, 4) is 11.5 Å². The molecule has 0 aliphatic carbocycles. The van der Waals surface area contributed by atoms with E-state index in [4.69, 9.17) is 9.47 Å². The van der Waals surface area contributed by atoms with Gasteiger partial charge < -0.3 is 9.47 Å². The lowest BCUT2D eigenvalue weighted by atomic mass is 10.2. The molecule has 72 valence electrons. The SMILES string of the molecule is C=C1Oc2ccc(C=O)cc2OC1C. The predicted molar refractivity (Wildman–Crippen MR) is 51.7 cm³/mol. The predicted octanol–water partition coefficient (Wildman–Crippen LogP) is 2.17. The highest BCUT2D eigenvalue weighted by molar-refractivity contribution is 5.76. The Kier molecular flexibility index (Phi) is 2.00. The van der Waals surface area contributed by atoms with Gasteiger partial charge in [0.25, 0.3) is 0 Å². The summed E-state index contributed by atoms with van der Waals surface area (Å²) in [5.74, 6) is 1.78. The molecule has 0 spiro atoms. The van der Waals surface area contributed by atoms with Crippen LogP contribution in [0.3, 0.4) is 0 Å². The lowest BCUT2D eigenvalue weighted by molar-refractivity contribution is 0.112. The fourth-order valence-electron chi connectivity index (χ4n) is 1.25. The van der Waals surface area contributed by atoms with E-state index in [0.717, 1.165) is 6.29 Å². The number of hydrogen-bond acceptors (Lipinski definition) is 3. The van der Waals surface area contributed by atoms with Gasteiger partial charge >= 0.3 is 0 Å². The smallest absolute Gasteiger partial charge is 0.169 e. The van der Waals surface area contributed by atoms with Crippen molar-refractivity contribution in [1.29, 1.82) is 0 Å². The summed E-state index contributed by atoms with van der Waals surface area (Å²) in [7, 11) is 0. The zero-order valence-corrected chi connectivity index (χ0v) is 7.82. The van der Waals surface area contributed by atoms with Crippen LogP contribution in [-0.4, -0.2) is 12.4 Å². The summed E-state index contributed by atoms with van der Waals surface area (Å²) in [6.07, 6.45) is 0.599. The third kappa shape index (κ3) is 1.37. The molecule has 0 saturated heterocycles. The van der Waals surface area contributed by atoms with Crippen LogP contribution in [0.2, 0.25) is 0 Å². The molecule has 1 heterocycles. The Bertz CT molecular complexity index is 396. The summed E-state index contributed by atoms with van der Waals surface area (Å²) in [4.78, 5) is 10.5. The van der Waals surface area contributed by atoms with Gasteiger partial charge in [-0.3, -0.25) is 4.79 Å². The third-order valence-electron chi connectivity index (χ3n) is 2.10. The van der Waals surface area contributed by atoms with Crippen molar-refractivity contribution in [3.05, 3.63) is 36.1 Å². The number of hydrogen-bond donors (Lipinski definition) is 0. The minimum absolute atomic E-state index is 0.176. The molecule has 0 saturated carbocycles. The molecule has 3 heteroatoms. The van der Waals surface area contributed by atoms with E-state index in [2.05, 4.69) is 6.58 Å². The highest BCUT2D eigenvalue weighted by atomic mass is 16.6. The number of benzene rings is 1. The van der Waals surface area contributed by atoms with Crippen LogP contribution in [0.15, 0.2) is 30.5 Å². The number of fused-ring (bicyclic) bond motifs is 1. The van der Waals surface area contributed by atoms with Crippen molar-refractivity contribution in [1.82, 2.24) is 0 Å². The highest BCUT2D eigenvalue weighted by Gasteiger charge is 2.21. The van der Waals surface area contributed by atoms with Gasteiger partial charge in [0.15, 0.2) is 17.6 Å². The highest BCUT2D eigenvalue weighted by Crippen LogP contribution is 2.35. The molecule has 1 atom stereocenters. The second-order valence-electron chi connectivity index (χ2n) is 3.15. The minimum atomic E-state index is -0.176. The van der Waals surface area contributed by atoms with E-state index in [1.807, 2.05) is 6.92 Å². The van der Waals surface area contributed by atoms with Crippen LogP contribution in [-0.2, 0) is 0 Å². The number of carbonyl (C=O) groups is 1. The van der Waals surface area contributed by atoms with Crippen LogP contribution in [0, 0.1) is 0 Å². The topological polar surface area (TPSA) is 35.5 Å². The third-order valence-corrected chi connectivity index (χ3v) is 2.10. The summed E-state index contributed by atoms with van der Waals surface area (Å²) >= 11 is 0. The molecular weight excluding hydrogens is 180 g/mol. The fourth-order valence-corrected chi connectivity index (χ4v) is 1.25. The standard InChI is InChI=1S/C11H10O3/c1-7-8(2)14-11-5-9(6-12)3-4-10(11)13-7/h3-6,8H,1H2,2H3. The first-order chi connectivity index (χ1) is 6.70. The first kappa shape index (κ1) is 8.81. The van der Waals surface area contributed by atoms with Crippen LogP contribution in [0.1, 0.15) is 17.3 Å². The maximum Gasteiger partial charge on any atom is 0.169 e. The van der Waals surface area contributed by atoms with Crippen molar-refractivity contribution in [3.63, 3.8) is 0 Å². The average molecular weight is 190 g/mol. The molecule has 0 fully saturated rings. The lowest BCUT2D eigenvalue weighted by Crippen LogP contribution is -2.23. The minimum Gasteiger partial charge on any atom is -0.479 e. The van der Waals surface area contributed by atoms with Gasteiger partial charge in [-0.25, -0.2) is 0 Å². The van der Waals surface area contributed by atoms with Crippen molar-refractivity contribution >= 4 is 6.29 Å². The maximum absolute atomic E-state index is 10.5. The molecule has 0 N–H and O–H groups in total. The lowest BCUT2D eigenvalue weighted by Gasteiger charge is -2.25.